The lowest BCUT2D eigenvalue weighted by Crippen LogP contribution is -2.03. The lowest BCUT2D eigenvalue weighted by molar-refractivity contribution is 0.101. The van der Waals surface area contributed by atoms with Gasteiger partial charge in [0.05, 0.1) is 23.8 Å². The van der Waals surface area contributed by atoms with Gasteiger partial charge in [-0.3, -0.25) is 9.78 Å². The van der Waals surface area contributed by atoms with Crippen LogP contribution in [0, 0.1) is 6.92 Å². The number of aromatic nitrogens is 3. The van der Waals surface area contributed by atoms with Gasteiger partial charge >= 0.3 is 0 Å². The van der Waals surface area contributed by atoms with Gasteiger partial charge in [0.2, 0.25) is 11.7 Å². The fraction of sp³-hybridized carbons (Fsp3) is 0.0800. The van der Waals surface area contributed by atoms with Crippen molar-refractivity contribution in [1.29, 1.82) is 0 Å². The molecular formula is C25H16Cl3N3O2. The Kier molecular flexibility index (Phi) is 5.71. The molecule has 3 aromatic heterocycles. The van der Waals surface area contributed by atoms with E-state index >= 15 is 0 Å². The number of carbonyl (C=O) groups is 1. The Balaban J connectivity index is 1.61. The molecule has 0 unspecified atom stereocenters. The van der Waals surface area contributed by atoms with E-state index in [4.69, 9.17) is 39.2 Å². The molecule has 0 N–H and O–H groups in total. The van der Waals surface area contributed by atoms with Crippen molar-refractivity contribution in [3.05, 3.63) is 105 Å². The largest absolute Gasteiger partial charge is 0.431 e. The molecule has 5 aromatic rings. The summed E-state index contributed by atoms with van der Waals surface area (Å²) in [5, 5.41) is 2.09. The maximum atomic E-state index is 13.5. The lowest BCUT2D eigenvalue weighted by Gasteiger charge is -2.10. The molecule has 0 aliphatic carbocycles. The summed E-state index contributed by atoms with van der Waals surface area (Å²) >= 11 is 19.2. The maximum absolute atomic E-state index is 13.5. The molecule has 0 spiro atoms. The van der Waals surface area contributed by atoms with Crippen LogP contribution in [0.5, 0.6) is 0 Å². The second-order valence-corrected chi connectivity index (χ2v) is 8.78. The number of nitrogens with zero attached hydrogens (tertiary/aromatic N) is 3. The molecular weight excluding hydrogens is 481 g/mol. The summed E-state index contributed by atoms with van der Waals surface area (Å²) < 4.78 is 7.61. The smallest absolute Gasteiger partial charge is 0.245 e. The lowest BCUT2D eigenvalue weighted by atomic mass is 10.1. The fourth-order valence-corrected chi connectivity index (χ4v) is 4.54. The Morgan fingerprint density at radius 3 is 2.64 bits per heavy atom. The number of hydrogen-bond donors (Lipinski definition) is 0. The number of halogens is 3. The quantitative estimate of drug-likeness (QED) is 0.241. The SMILES string of the molecule is Cc1ccc2c(c1)c(C(=O)c1cnc(-c3ccccn3)o1)c(Cl)n2Cc1ccc(Cl)cc1Cl. The minimum Gasteiger partial charge on any atom is -0.431 e. The molecule has 0 amide bonds. The molecule has 5 nitrogen and oxygen atoms in total. The van der Waals surface area contributed by atoms with E-state index < -0.39 is 0 Å². The van der Waals surface area contributed by atoms with Gasteiger partial charge in [0.25, 0.3) is 0 Å². The molecule has 164 valence electrons. The van der Waals surface area contributed by atoms with Gasteiger partial charge in [0.15, 0.2) is 5.76 Å². The summed E-state index contributed by atoms with van der Waals surface area (Å²) in [4.78, 5) is 22.0. The first-order valence-corrected chi connectivity index (χ1v) is 11.2. The van der Waals surface area contributed by atoms with Crippen molar-refractivity contribution < 1.29 is 9.21 Å². The minimum absolute atomic E-state index is 0.0858. The highest BCUT2D eigenvalue weighted by atomic mass is 35.5. The van der Waals surface area contributed by atoms with Crippen LogP contribution in [0.1, 0.15) is 27.2 Å². The number of benzene rings is 2. The number of pyridine rings is 1. The Labute approximate surface area is 204 Å². The van der Waals surface area contributed by atoms with Crippen LogP contribution >= 0.6 is 34.8 Å². The van der Waals surface area contributed by atoms with Gasteiger partial charge < -0.3 is 8.98 Å². The average molecular weight is 497 g/mol. The zero-order valence-electron chi connectivity index (χ0n) is 17.3. The standard InChI is InChI=1S/C25H16Cl3N3O2/c1-14-5-8-20-17(10-14)22(24(28)31(20)13-15-6-7-16(26)11-18(15)27)23(32)21-12-30-25(33-21)19-4-2-3-9-29-19/h2-12H,13H2,1H3. The Hall–Kier alpha value is -3.12. The third-order valence-electron chi connectivity index (χ3n) is 5.34. The summed E-state index contributed by atoms with van der Waals surface area (Å²) in [6.07, 6.45) is 3.04. The van der Waals surface area contributed by atoms with Crippen LogP contribution in [0.4, 0.5) is 0 Å². The summed E-state index contributed by atoms with van der Waals surface area (Å²) in [6.45, 7) is 2.33. The highest BCUT2D eigenvalue weighted by Gasteiger charge is 2.26. The molecule has 0 atom stereocenters. The molecule has 2 aromatic carbocycles. The molecule has 8 heteroatoms. The molecule has 0 saturated heterocycles. The van der Waals surface area contributed by atoms with E-state index in [9.17, 15) is 4.79 Å². The van der Waals surface area contributed by atoms with E-state index in [1.165, 1.54) is 6.20 Å². The minimum atomic E-state index is -0.355. The normalized spacial score (nSPS) is 11.3. The summed E-state index contributed by atoms with van der Waals surface area (Å²) in [7, 11) is 0. The van der Waals surface area contributed by atoms with Gasteiger partial charge in [-0.1, -0.05) is 58.6 Å². The highest BCUT2D eigenvalue weighted by Crippen LogP contribution is 2.35. The number of aryl methyl sites for hydroxylation is 1. The van der Waals surface area contributed by atoms with Crippen molar-refractivity contribution in [3.63, 3.8) is 0 Å². The van der Waals surface area contributed by atoms with Crippen LogP contribution in [-0.4, -0.2) is 20.3 Å². The van der Waals surface area contributed by atoms with Crippen molar-refractivity contribution >= 4 is 51.5 Å². The van der Waals surface area contributed by atoms with Crippen molar-refractivity contribution in [2.24, 2.45) is 0 Å². The molecule has 33 heavy (non-hydrogen) atoms. The predicted molar refractivity (Wildman–Crippen MR) is 130 cm³/mol. The van der Waals surface area contributed by atoms with E-state index in [1.54, 1.807) is 30.5 Å². The number of fused-ring (bicyclic) bond motifs is 1. The molecule has 0 aliphatic rings. The average Bonchev–Trinajstić information content (AvgIpc) is 3.39. The van der Waals surface area contributed by atoms with E-state index in [0.29, 0.717) is 33.0 Å². The molecule has 0 saturated carbocycles. The first-order valence-electron chi connectivity index (χ1n) is 10.1. The van der Waals surface area contributed by atoms with Crippen molar-refractivity contribution in [3.8, 4) is 11.6 Å². The van der Waals surface area contributed by atoms with Gasteiger partial charge in [-0.25, -0.2) is 4.98 Å². The Morgan fingerprint density at radius 1 is 1.03 bits per heavy atom. The number of oxazole rings is 1. The maximum Gasteiger partial charge on any atom is 0.245 e. The van der Waals surface area contributed by atoms with Crippen LogP contribution < -0.4 is 0 Å². The van der Waals surface area contributed by atoms with Crippen molar-refractivity contribution in [2.75, 3.05) is 0 Å². The van der Waals surface area contributed by atoms with Crippen LogP contribution in [-0.2, 0) is 6.54 Å². The molecule has 0 aliphatic heterocycles. The van der Waals surface area contributed by atoms with E-state index in [2.05, 4.69) is 9.97 Å². The topological polar surface area (TPSA) is 60.9 Å². The Morgan fingerprint density at radius 2 is 1.88 bits per heavy atom. The van der Waals surface area contributed by atoms with Gasteiger partial charge in [0.1, 0.15) is 10.8 Å². The van der Waals surface area contributed by atoms with Crippen molar-refractivity contribution in [1.82, 2.24) is 14.5 Å². The summed E-state index contributed by atoms with van der Waals surface area (Å²) in [6, 6.07) is 16.5. The monoisotopic (exact) mass is 495 g/mol. The van der Waals surface area contributed by atoms with E-state index in [-0.39, 0.29) is 17.4 Å². The van der Waals surface area contributed by atoms with Crippen LogP contribution in [0.3, 0.4) is 0 Å². The van der Waals surface area contributed by atoms with Crippen molar-refractivity contribution in [2.45, 2.75) is 13.5 Å². The van der Waals surface area contributed by atoms with Gasteiger partial charge in [-0.2, -0.15) is 0 Å². The Bertz CT molecular complexity index is 1510. The summed E-state index contributed by atoms with van der Waals surface area (Å²) in [5.74, 6) is -0.00296. The zero-order valence-corrected chi connectivity index (χ0v) is 19.6. The molecule has 0 bridgehead atoms. The number of carbonyl (C=O) groups excluding carboxylic acids is 1. The van der Waals surface area contributed by atoms with E-state index in [0.717, 1.165) is 22.0 Å². The first kappa shape index (κ1) is 21.7. The third kappa shape index (κ3) is 4.04. The zero-order chi connectivity index (χ0) is 23.1. The number of ketones is 1. The fourth-order valence-electron chi connectivity index (χ4n) is 3.74. The molecule has 0 fully saturated rings. The molecule has 5 rings (SSSR count). The molecule has 3 heterocycles. The van der Waals surface area contributed by atoms with Crippen LogP contribution in [0.25, 0.3) is 22.5 Å². The third-order valence-corrected chi connectivity index (χ3v) is 6.32. The second-order valence-electron chi connectivity index (χ2n) is 7.58. The highest BCUT2D eigenvalue weighted by molar-refractivity contribution is 6.37. The van der Waals surface area contributed by atoms with Crippen LogP contribution in [0.2, 0.25) is 15.2 Å². The van der Waals surface area contributed by atoms with Crippen LogP contribution in [0.15, 0.2) is 71.4 Å². The number of hydrogen-bond acceptors (Lipinski definition) is 4. The van der Waals surface area contributed by atoms with E-state index in [1.807, 2.05) is 41.8 Å². The second kappa shape index (κ2) is 8.67. The first-order chi connectivity index (χ1) is 15.9. The van der Waals surface area contributed by atoms with Gasteiger partial charge in [0, 0.05) is 21.6 Å². The van der Waals surface area contributed by atoms with Gasteiger partial charge in [-0.15, -0.1) is 0 Å². The van der Waals surface area contributed by atoms with Gasteiger partial charge in [-0.05, 0) is 48.9 Å². The summed E-state index contributed by atoms with van der Waals surface area (Å²) in [5.41, 5.74) is 3.53. The molecule has 0 radical (unpaired) electrons. The number of rotatable bonds is 5. The predicted octanol–water partition coefficient (Wildman–Crippen LogP) is 7.24.